The van der Waals surface area contributed by atoms with Gasteiger partial charge in [0, 0.05) is 0 Å². The monoisotopic (exact) mass is 208 g/mol. The summed E-state index contributed by atoms with van der Waals surface area (Å²) in [5.41, 5.74) is 1.55. The number of nitrogens with zero attached hydrogens (tertiary/aromatic N) is 1. The van der Waals surface area contributed by atoms with Crippen molar-refractivity contribution in [3.05, 3.63) is 27.9 Å². The predicted octanol–water partition coefficient (Wildman–Crippen LogP) is 2.32. The Hall–Kier alpha value is -1.29. The van der Waals surface area contributed by atoms with E-state index in [4.69, 9.17) is 0 Å². The number of nitrogens with one attached hydrogen (secondary N) is 1. The SMILES string of the molecule is O=c1[nH]c2ccc(N=C=S)cc2s1. The van der Waals surface area contributed by atoms with Crippen LogP contribution >= 0.6 is 23.6 Å². The van der Waals surface area contributed by atoms with Crippen molar-refractivity contribution in [1.29, 1.82) is 0 Å². The minimum atomic E-state index is -0.0570. The lowest BCUT2D eigenvalue weighted by molar-refractivity contribution is 1.40. The van der Waals surface area contributed by atoms with Gasteiger partial charge in [0.1, 0.15) is 0 Å². The van der Waals surface area contributed by atoms with Gasteiger partial charge in [-0.2, -0.15) is 4.99 Å². The third kappa shape index (κ3) is 1.58. The fourth-order valence-corrected chi connectivity index (χ4v) is 1.93. The summed E-state index contributed by atoms with van der Waals surface area (Å²) in [6.07, 6.45) is 0. The van der Waals surface area contributed by atoms with Gasteiger partial charge < -0.3 is 4.98 Å². The number of hydrogen-bond acceptors (Lipinski definition) is 4. The van der Waals surface area contributed by atoms with Gasteiger partial charge in [0.2, 0.25) is 0 Å². The normalized spacial score (nSPS) is 9.85. The van der Waals surface area contributed by atoms with Gasteiger partial charge >= 0.3 is 4.87 Å². The van der Waals surface area contributed by atoms with E-state index in [1.54, 1.807) is 18.2 Å². The molecule has 0 atom stereocenters. The number of thiocarbonyl (C=S) groups is 1. The first kappa shape index (κ1) is 8.31. The van der Waals surface area contributed by atoms with E-state index in [1.807, 2.05) is 0 Å². The first-order valence-corrected chi connectivity index (χ1v) is 4.73. The number of isothiocyanates is 1. The molecule has 1 aromatic carbocycles. The smallest absolute Gasteiger partial charge is 0.305 e. The second kappa shape index (κ2) is 3.22. The van der Waals surface area contributed by atoms with E-state index >= 15 is 0 Å². The van der Waals surface area contributed by atoms with E-state index < -0.39 is 0 Å². The van der Waals surface area contributed by atoms with Crippen molar-refractivity contribution in [1.82, 2.24) is 4.98 Å². The van der Waals surface area contributed by atoms with E-state index in [-0.39, 0.29) is 4.87 Å². The predicted molar refractivity (Wildman–Crippen MR) is 57.1 cm³/mol. The Morgan fingerprint density at radius 3 is 3.15 bits per heavy atom. The summed E-state index contributed by atoms with van der Waals surface area (Å²) >= 11 is 5.64. The lowest BCUT2D eigenvalue weighted by Gasteiger charge is -1.89. The van der Waals surface area contributed by atoms with Crippen LogP contribution in [0.3, 0.4) is 0 Å². The van der Waals surface area contributed by atoms with Gasteiger partial charge in [0.05, 0.1) is 21.1 Å². The second-order valence-corrected chi connectivity index (χ2v) is 3.60. The Bertz CT molecular complexity index is 549. The molecule has 0 aliphatic heterocycles. The Morgan fingerprint density at radius 2 is 2.38 bits per heavy atom. The second-order valence-electron chi connectivity index (χ2n) is 2.40. The lowest BCUT2D eigenvalue weighted by Crippen LogP contribution is -1.89. The highest BCUT2D eigenvalue weighted by atomic mass is 32.1. The topological polar surface area (TPSA) is 45.2 Å². The van der Waals surface area contributed by atoms with Gasteiger partial charge in [-0.05, 0) is 30.4 Å². The molecular formula is C8H4N2OS2. The maximum Gasteiger partial charge on any atom is 0.305 e. The fourth-order valence-electron chi connectivity index (χ4n) is 1.06. The number of rotatable bonds is 1. The van der Waals surface area contributed by atoms with E-state index in [1.165, 1.54) is 0 Å². The molecule has 3 nitrogen and oxygen atoms in total. The maximum atomic E-state index is 11.0. The summed E-state index contributed by atoms with van der Waals surface area (Å²) in [4.78, 5) is 17.4. The maximum absolute atomic E-state index is 11.0. The van der Waals surface area contributed by atoms with Gasteiger partial charge in [-0.1, -0.05) is 11.3 Å². The zero-order valence-electron chi connectivity index (χ0n) is 6.40. The van der Waals surface area contributed by atoms with Crippen LogP contribution in [-0.4, -0.2) is 10.1 Å². The molecule has 0 saturated heterocycles. The molecule has 0 amide bonds. The van der Waals surface area contributed by atoms with Gasteiger partial charge in [0.25, 0.3) is 0 Å². The summed E-state index contributed by atoms with van der Waals surface area (Å²) in [6, 6.07) is 5.39. The first-order valence-electron chi connectivity index (χ1n) is 3.50. The molecule has 1 N–H and O–H groups in total. The highest BCUT2D eigenvalue weighted by Crippen LogP contribution is 2.20. The van der Waals surface area contributed by atoms with Gasteiger partial charge in [0.15, 0.2) is 0 Å². The van der Waals surface area contributed by atoms with Gasteiger partial charge in [-0.25, -0.2) is 0 Å². The number of aliphatic imine (C=N–C) groups is 1. The third-order valence-corrected chi connectivity index (χ3v) is 2.52. The summed E-state index contributed by atoms with van der Waals surface area (Å²) in [7, 11) is 0. The standard InChI is InChI=1S/C8H4N2OS2/c11-8-10-6-2-1-5(9-4-12)3-7(6)13-8/h1-3H,(H,10,11). The van der Waals surface area contributed by atoms with Crippen molar-refractivity contribution < 1.29 is 0 Å². The number of thiazole rings is 1. The molecule has 2 rings (SSSR count). The minimum Gasteiger partial charge on any atom is -0.312 e. The molecule has 0 fully saturated rings. The molecular weight excluding hydrogens is 204 g/mol. The van der Waals surface area contributed by atoms with Crippen LogP contribution in [0.25, 0.3) is 10.2 Å². The number of aromatic amines is 1. The van der Waals surface area contributed by atoms with Crippen LogP contribution in [0, 0.1) is 0 Å². The highest BCUT2D eigenvalue weighted by Gasteiger charge is 1.98. The molecule has 1 aromatic heterocycles. The van der Waals surface area contributed by atoms with Crippen molar-refractivity contribution in [2.24, 2.45) is 4.99 Å². The molecule has 0 bridgehead atoms. The van der Waals surface area contributed by atoms with Gasteiger partial charge in [-0.3, -0.25) is 4.79 Å². The van der Waals surface area contributed by atoms with Crippen LogP contribution in [-0.2, 0) is 0 Å². The van der Waals surface area contributed by atoms with Crippen molar-refractivity contribution in [3.8, 4) is 0 Å². The summed E-state index contributed by atoms with van der Waals surface area (Å²) < 4.78 is 0.886. The van der Waals surface area contributed by atoms with E-state index in [2.05, 4.69) is 27.4 Å². The molecule has 13 heavy (non-hydrogen) atoms. The molecule has 0 saturated carbocycles. The van der Waals surface area contributed by atoms with E-state index in [0.29, 0.717) is 0 Å². The van der Waals surface area contributed by atoms with Crippen molar-refractivity contribution in [2.75, 3.05) is 0 Å². The molecule has 0 aliphatic rings. The molecule has 0 spiro atoms. The Morgan fingerprint density at radius 1 is 1.54 bits per heavy atom. The number of fused-ring (bicyclic) bond motifs is 1. The minimum absolute atomic E-state index is 0.0570. The molecule has 64 valence electrons. The summed E-state index contributed by atoms with van der Waals surface area (Å²) in [5, 5.41) is 2.28. The van der Waals surface area contributed by atoms with Crippen molar-refractivity contribution in [3.63, 3.8) is 0 Å². The van der Waals surface area contributed by atoms with Gasteiger partial charge in [-0.15, -0.1) is 0 Å². The van der Waals surface area contributed by atoms with E-state index in [9.17, 15) is 4.79 Å². The number of H-pyrrole nitrogens is 1. The molecule has 2 aromatic rings. The van der Waals surface area contributed by atoms with Crippen LogP contribution in [0.1, 0.15) is 0 Å². The highest BCUT2D eigenvalue weighted by molar-refractivity contribution is 7.78. The average molecular weight is 208 g/mol. The molecule has 0 unspecified atom stereocenters. The molecule has 1 heterocycles. The average Bonchev–Trinajstić information content (AvgIpc) is 2.44. The van der Waals surface area contributed by atoms with Crippen LogP contribution < -0.4 is 4.87 Å². The first-order chi connectivity index (χ1) is 6.29. The number of benzene rings is 1. The zero-order valence-corrected chi connectivity index (χ0v) is 8.04. The van der Waals surface area contributed by atoms with E-state index in [0.717, 1.165) is 27.2 Å². The molecule has 0 radical (unpaired) electrons. The fraction of sp³-hybridized carbons (Fsp3) is 0. The molecule has 5 heteroatoms. The Balaban J connectivity index is 2.74. The quantitative estimate of drug-likeness (QED) is 0.577. The number of hydrogen-bond donors (Lipinski definition) is 1. The van der Waals surface area contributed by atoms with Crippen LogP contribution in [0.15, 0.2) is 28.0 Å². The summed E-state index contributed by atoms with van der Waals surface area (Å²) in [5.74, 6) is 0. The Labute approximate surface area is 82.8 Å². The number of aromatic nitrogens is 1. The van der Waals surface area contributed by atoms with Crippen molar-refractivity contribution >= 4 is 44.6 Å². The lowest BCUT2D eigenvalue weighted by atomic mass is 10.3. The van der Waals surface area contributed by atoms with Crippen molar-refractivity contribution in [2.45, 2.75) is 0 Å². The van der Waals surface area contributed by atoms with Crippen LogP contribution in [0.2, 0.25) is 0 Å². The van der Waals surface area contributed by atoms with Crippen LogP contribution in [0.5, 0.6) is 0 Å². The molecule has 0 aliphatic carbocycles. The third-order valence-electron chi connectivity index (χ3n) is 1.58. The van der Waals surface area contributed by atoms with Crippen LogP contribution in [0.4, 0.5) is 5.69 Å². The zero-order chi connectivity index (χ0) is 9.26. The summed E-state index contributed by atoms with van der Waals surface area (Å²) in [6.45, 7) is 0. The Kier molecular flexibility index (Phi) is 2.06. The largest absolute Gasteiger partial charge is 0.312 e.